The topological polar surface area (TPSA) is 87.7 Å². The standard InChI is InChI=1S/C20H23N3O2/c1-3-15-10-18(9-8-17(15)12-22-2)23-20(25)19(11-21)16-6-4-14(13-24)5-7-16/h3-10,12,19,24H,1,11,13,21H2,2H3,(H,23,25)/b22-12-. The van der Waals surface area contributed by atoms with Gasteiger partial charge in [0.15, 0.2) is 0 Å². The summed E-state index contributed by atoms with van der Waals surface area (Å²) >= 11 is 0. The van der Waals surface area contributed by atoms with Crippen LogP contribution in [0.15, 0.2) is 54.0 Å². The molecule has 0 spiro atoms. The van der Waals surface area contributed by atoms with E-state index in [-0.39, 0.29) is 19.1 Å². The molecule has 2 rings (SSSR count). The van der Waals surface area contributed by atoms with Crippen molar-refractivity contribution in [3.63, 3.8) is 0 Å². The molecule has 5 nitrogen and oxygen atoms in total. The summed E-state index contributed by atoms with van der Waals surface area (Å²) in [5.41, 5.74) is 9.92. The average molecular weight is 337 g/mol. The van der Waals surface area contributed by atoms with Gasteiger partial charge in [0.05, 0.1) is 12.5 Å². The smallest absolute Gasteiger partial charge is 0.233 e. The Labute approximate surface area is 147 Å². The fourth-order valence-corrected chi connectivity index (χ4v) is 2.57. The molecule has 0 aliphatic carbocycles. The molecule has 0 aliphatic rings. The van der Waals surface area contributed by atoms with Crippen LogP contribution < -0.4 is 11.1 Å². The van der Waals surface area contributed by atoms with Gasteiger partial charge in [0.25, 0.3) is 0 Å². The molecule has 0 saturated heterocycles. The van der Waals surface area contributed by atoms with Gasteiger partial charge < -0.3 is 16.2 Å². The third kappa shape index (κ3) is 4.62. The van der Waals surface area contributed by atoms with Crippen molar-refractivity contribution >= 4 is 23.9 Å². The number of hydrogen-bond acceptors (Lipinski definition) is 4. The zero-order valence-corrected chi connectivity index (χ0v) is 14.3. The number of aliphatic hydroxyl groups excluding tert-OH is 1. The molecule has 4 N–H and O–H groups in total. The van der Waals surface area contributed by atoms with Crippen LogP contribution in [0.2, 0.25) is 0 Å². The van der Waals surface area contributed by atoms with Gasteiger partial charge in [-0.05, 0) is 34.4 Å². The van der Waals surface area contributed by atoms with Gasteiger partial charge in [-0.1, -0.05) is 43.0 Å². The fraction of sp³-hybridized carbons (Fsp3) is 0.200. The molecule has 1 unspecified atom stereocenters. The average Bonchev–Trinajstić information content (AvgIpc) is 2.64. The lowest BCUT2D eigenvalue weighted by atomic mass is 9.97. The monoisotopic (exact) mass is 337 g/mol. The van der Waals surface area contributed by atoms with Gasteiger partial charge in [-0.3, -0.25) is 9.79 Å². The second-order valence-corrected chi connectivity index (χ2v) is 5.61. The minimum atomic E-state index is -0.461. The van der Waals surface area contributed by atoms with Crippen molar-refractivity contribution in [2.24, 2.45) is 10.7 Å². The predicted molar refractivity (Wildman–Crippen MR) is 103 cm³/mol. The quantitative estimate of drug-likeness (QED) is 0.679. The van der Waals surface area contributed by atoms with Gasteiger partial charge in [-0.25, -0.2) is 0 Å². The normalized spacial score (nSPS) is 12.1. The molecule has 0 heterocycles. The van der Waals surface area contributed by atoms with E-state index in [0.717, 1.165) is 22.3 Å². The van der Waals surface area contributed by atoms with Crippen LogP contribution in [0.1, 0.15) is 28.2 Å². The van der Waals surface area contributed by atoms with E-state index in [1.54, 1.807) is 31.5 Å². The van der Waals surface area contributed by atoms with E-state index in [0.29, 0.717) is 5.69 Å². The number of carbonyl (C=O) groups is 1. The molecule has 1 amide bonds. The lowest BCUT2D eigenvalue weighted by Crippen LogP contribution is -2.27. The van der Waals surface area contributed by atoms with E-state index in [9.17, 15) is 4.79 Å². The summed E-state index contributed by atoms with van der Waals surface area (Å²) in [6.45, 7) is 3.96. The first-order chi connectivity index (χ1) is 12.1. The molecule has 2 aromatic carbocycles. The Morgan fingerprint density at radius 3 is 2.56 bits per heavy atom. The van der Waals surface area contributed by atoms with E-state index in [1.807, 2.05) is 30.3 Å². The molecule has 2 aromatic rings. The van der Waals surface area contributed by atoms with Crippen LogP contribution >= 0.6 is 0 Å². The first kappa shape index (κ1) is 18.6. The minimum Gasteiger partial charge on any atom is -0.392 e. The minimum absolute atomic E-state index is 0.0302. The predicted octanol–water partition coefficient (Wildman–Crippen LogP) is 2.55. The molecule has 0 saturated carbocycles. The lowest BCUT2D eigenvalue weighted by molar-refractivity contribution is -0.117. The molecule has 1 atom stereocenters. The number of aliphatic imine (C=N–C) groups is 1. The Balaban J connectivity index is 2.19. The molecular weight excluding hydrogens is 314 g/mol. The number of nitrogens with two attached hydrogens (primary N) is 1. The Kier molecular flexibility index (Phi) is 6.62. The third-order valence-electron chi connectivity index (χ3n) is 3.96. The number of benzene rings is 2. The SMILES string of the molecule is C=Cc1cc(NC(=O)C(CN)c2ccc(CO)cc2)ccc1/C=N\C. The van der Waals surface area contributed by atoms with Crippen molar-refractivity contribution in [2.45, 2.75) is 12.5 Å². The number of anilines is 1. The largest absolute Gasteiger partial charge is 0.392 e. The molecule has 0 radical (unpaired) electrons. The maximum absolute atomic E-state index is 12.6. The summed E-state index contributed by atoms with van der Waals surface area (Å²) in [7, 11) is 1.70. The third-order valence-corrected chi connectivity index (χ3v) is 3.96. The van der Waals surface area contributed by atoms with Crippen LogP contribution in [-0.2, 0) is 11.4 Å². The Hall–Kier alpha value is -2.76. The second-order valence-electron chi connectivity index (χ2n) is 5.61. The maximum atomic E-state index is 12.6. The molecule has 0 fully saturated rings. The van der Waals surface area contributed by atoms with Crippen LogP contribution in [0, 0.1) is 0 Å². The van der Waals surface area contributed by atoms with Gasteiger partial charge in [-0.15, -0.1) is 0 Å². The summed E-state index contributed by atoms with van der Waals surface area (Å²) in [5.74, 6) is -0.636. The van der Waals surface area contributed by atoms with Crippen molar-refractivity contribution in [3.8, 4) is 0 Å². The number of rotatable bonds is 7. The zero-order valence-electron chi connectivity index (χ0n) is 14.3. The summed E-state index contributed by atoms with van der Waals surface area (Å²) in [6, 6.07) is 12.8. The number of amides is 1. The van der Waals surface area contributed by atoms with Gasteiger partial charge >= 0.3 is 0 Å². The molecule has 0 aliphatic heterocycles. The van der Waals surface area contributed by atoms with Gasteiger partial charge in [0, 0.05) is 25.5 Å². The van der Waals surface area contributed by atoms with Crippen LogP contribution in [0.3, 0.4) is 0 Å². The fourth-order valence-electron chi connectivity index (χ4n) is 2.57. The molecule has 0 aromatic heterocycles. The number of nitrogens with zero attached hydrogens (tertiary/aromatic N) is 1. The second kappa shape index (κ2) is 8.92. The van der Waals surface area contributed by atoms with Gasteiger partial charge in [0.1, 0.15) is 0 Å². The summed E-state index contributed by atoms with van der Waals surface area (Å²) < 4.78 is 0. The number of aliphatic hydroxyl groups is 1. The van der Waals surface area contributed by atoms with Gasteiger partial charge in [0.2, 0.25) is 5.91 Å². The van der Waals surface area contributed by atoms with E-state index in [4.69, 9.17) is 10.8 Å². The highest BCUT2D eigenvalue weighted by molar-refractivity contribution is 5.97. The molecule has 5 heteroatoms. The number of carbonyl (C=O) groups excluding carboxylic acids is 1. The maximum Gasteiger partial charge on any atom is 0.233 e. The van der Waals surface area contributed by atoms with Crippen molar-refractivity contribution in [1.82, 2.24) is 0 Å². The van der Waals surface area contributed by atoms with Crippen LogP contribution in [0.4, 0.5) is 5.69 Å². The molecule has 130 valence electrons. The lowest BCUT2D eigenvalue weighted by Gasteiger charge is -2.16. The van der Waals surface area contributed by atoms with Crippen molar-refractivity contribution in [3.05, 3.63) is 71.3 Å². The summed E-state index contributed by atoms with van der Waals surface area (Å²) in [4.78, 5) is 16.6. The zero-order chi connectivity index (χ0) is 18.2. The Morgan fingerprint density at radius 1 is 1.28 bits per heavy atom. The summed E-state index contributed by atoms with van der Waals surface area (Å²) in [5, 5.41) is 12.0. The van der Waals surface area contributed by atoms with Crippen LogP contribution in [0.25, 0.3) is 6.08 Å². The van der Waals surface area contributed by atoms with E-state index >= 15 is 0 Å². The number of hydrogen-bond donors (Lipinski definition) is 3. The highest BCUT2D eigenvalue weighted by Crippen LogP contribution is 2.21. The molecule has 25 heavy (non-hydrogen) atoms. The van der Waals surface area contributed by atoms with Crippen LogP contribution in [-0.4, -0.2) is 30.8 Å². The van der Waals surface area contributed by atoms with Crippen LogP contribution in [0.5, 0.6) is 0 Å². The molecule has 0 bridgehead atoms. The van der Waals surface area contributed by atoms with Crippen molar-refractivity contribution in [1.29, 1.82) is 0 Å². The van der Waals surface area contributed by atoms with E-state index in [2.05, 4.69) is 16.9 Å². The Morgan fingerprint density at radius 2 is 2.00 bits per heavy atom. The van der Waals surface area contributed by atoms with Crippen molar-refractivity contribution < 1.29 is 9.90 Å². The first-order valence-corrected chi connectivity index (χ1v) is 8.02. The van der Waals surface area contributed by atoms with E-state index < -0.39 is 5.92 Å². The van der Waals surface area contributed by atoms with Gasteiger partial charge in [-0.2, -0.15) is 0 Å². The molecular formula is C20H23N3O2. The summed E-state index contributed by atoms with van der Waals surface area (Å²) in [6.07, 6.45) is 3.47. The Bertz CT molecular complexity index is 767. The van der Waals surface area contributed by atoms with Crippen molar-refractivity contribution in [2.75, 3.05) is 18.9 Å². The highest BCUT2D eigenvalue weighted by atomic mass is 16.3. The highest BCUT2D eigenvalue weighted by Gasteiger charge is 2.19. The first-order valence-electron chi connectivity index (χ1n) is 8.02. The van der Waals surface area contributed by atoms with E-state index in [1.165, 1.54) is 0 Å². The number of nitrogens with one attached hydrogen (secondary N) is 1.